The number of pyridine rings is 1. The van der Waals surface area contributed by atoms with Crippen LogP contribution in [-0.2, 0) is 7.05 Å². The van der Waals surface area contributed by atoms with E-state index in [1.165, 1.54) is 75.5 Å². The van der Waals surface area contributed by atoms with Crippen LogP contribution in [0.25, 0.3) is 22.0 Å². The van der Waals surface area contributed by atoms with Crippen molar-refractivity contribution in [2.45, 2.75) is 59.3 Å². The number of rotatable bonds is 2. The van der Waals surface area contributed by atoms with E-state index in [0.29, 0.717) is 0 Å². The third-order valence-electron chi connectivity index (χ3n) is 6.36. The Bertz CT molecular complexity index is 991. The summed E-state index contributed by atoms with van der Waals surface area (Å²) in [5, 5.41) is 2.79. The molecular weight excluding hydrogens is 314 g/mol. The number of nitrogens with zero attached hydrogens (tertiary/aromatic N) is 1. The lowest BCUT2D eigenvalue weighted by molar-refractivity contribution is -0.659. The molecule has 0 amide bonds. The second-order valence-corrected chi connectivity index (χ2v) is 8.31. The maximum atomic E-state index is 2.47. The van der Waals surface area contributed by atoms with Crippen LogP contribution in [0.15, 0.2) is 36.5 Å². The Balaban J connectivity index is 1.98. The zero-order valence-electron chi connectivity index (χ0n) is 16.8. The van der Waals surface area contributed by atoms with E-state index in [9.17, 15) is 0 Å². The Morgan fingerprint density at radius 2 is 1.58 bits per heavy atom. The summed E-state index contributed by atoms with van der Waals surface area (Å²) in [6.07, 6.45) is 7.78. The molecule has 3 aromatic rings. The van der Waals surface area contributed by atoms with Crippen LogP contribution in [0.1, 0.15) is 59.4 Å². The summed E-state index contributed by atoms with van der Waals surface area (Å²) in [7, 11) is 2.18. The fourth-order valence-corrected chi connectivity index (χ4v) is 4.84. The van der Waals surface area contributed by atoms with Crippen LogP contribution < -0.4 is 4.57 Å². The summed E-state index contributed by atoms with van der Waals surface area (Å²) in [5.41, 5.74) is 9.70. The number of aromatic nitrogens is 1. The molecule has 0 atom stereocenters. The molecule has 1 heterocycles. The van der Waals surface area contributed by atoms with E-state index >= 15 is 0 Å². The van der Waals surface area contributed by atoms with Crippen LogP contribution in [-0.4, -0.2) is 0 Å². The van der Waals surface area contributed by atoms with Crippen molar-refractivity contribution in [1.82, 2.24) is 0 Å². The molecule has 2 aromatic carbocycles. The number of benzene rings is 2. The average Bonchev–Trinajstić information content (AvgIpc) is 3.13. The summed E-state index contributed by atoms with van der Waals surface area (Å²) < 4.78 is 2.31. The van der Waals surface area contributed by atoms with Gasteiger partial charge in [-0.2, -0.15) is 0 Å². The van der Waals surface area contributed by atoms with Gasteiger partial charge in [-0.1, -0.05) is 36.6 Å². The smallest absolute Gasteiger partial charge is 0.200 e. The highest BCUT2D eigenvalue weighted by molar-refractivity contribution is 5.96. The van der Waals surface area contributed by atoms with E-state index < -0.39 is 0 Å². The Morgan fingerprint density at radius 1 is 0.846 bits per heavy atom. The van der Waals surface area contributed by atoms with E-state index in [2.05, 4.69) is 75.8 Å². The first kappa shape index (κ1) is 17.3. The van der Waals surface area contributed by atoms with Crippen molar-refractivity contribution in [1.29, 1.82) is 0 Å². The number of aryl methyl sites for hydroxylation is 4. The predicted molar refractivity (Wildman–Crippen MR) is 111 cm³/mol. The normalized spacial score (nSPS) is 15.1. The highest BCUT2D eigenvalue weighted by Crippen LogP contribution is 2.37. The summed E-state index contributed by atoms with van der Waals surface area (Å²) in [6, 6.07) is 11.9. The molecule has 1 heteroatoms. The first-order valence-electron chi connectivity index (χ1n) is 9.97. The molecule has 1 aromatic heterocycles. The molecule has 26 heavy (non-hydrogen) atoms. The van der Waals surface area contributed by atoms with Gasteiger partial charge >= 0.3 is 0 Å². The van der Waals surface area contributed by atoms with E-state index in [4.69, 9.17) is 0 Å². The molecule has 0 aliphatic heterocycles. The molecule has 1 aliphatic carbocycles. The van der Waals surface area contributed by atoms with Crippen molar-refractivity contribution in [3.8, 4) is 11.3 Å². The molecule has 0 spiro atoms. The maximum Gasteiger partial charge on any atom is 0.220 e. The lowest BCUT2D eigenvalue weighted by atomic mass is 9.90. The largest absolute Gasteiger partial charge is 0.220 e. The summed E-state index contributed by atoms with van der Waals surface area (Å²) in [4.78, 5) is 0. The second kappa shape index (κ2) is 6.54. The van der Waals surface area contributed by atoms with Crippen molar-refractivity contribution in [3.05, 3.63) is 64.3 Å². The third kappa shape index (κ3) is 2.84. The molecule has 1 saturated carbocycles. The van der Waals surface area contributed by atoms with Crippen LogP contribution in [0.4, 0.5) is 0 Å². The molecule has 134 valence electrons. The van der Waals surface area contributed by atoms with Crippen LogP contribution >= 0.6 is 0 Å². The number of hydrogen-bond acceptors (Lipinski definition) is 0. The van der Waals surface area contributed by atoms with Gasteiger partial charge in [0.1, 0.15) is 7.05 Å². The van der Waals surface area contributed by atoms with E-state index in [1.807, 2.05) is 0 Å². The third-order valence-corrected chi connectivity index (χ3v) is 6.36. The van der Waals surface area contributed by atoms with Gasteiger partial charge in [-0.25, -0.2) is 4.57 Å². The van der Waals surface area contributed by atoms with Crippen molar-refractivity contribution in [2.24, 2.45) is 7.05 Å². The molecule has 4 rings (SSSR count). The number of fused-ring (bicyclic) bond motifs is 1. The average molecular weight is 345 g/mol. The van der Waals surface area contributed by atoms with E-state index in [0.717, 1.165) is 5.92 Å². The Morgan fingerprint density at radius 3 is 2.31 bits per heavy atom. The molecule has 1 aliphatic rings. The summed E-state index contributed by atoms with van der Waals surface area (Å²) in [6.45, 7) is 8.92. The Hall–Kier alpha value is -2.15. The number of hydrogen-bond donors (Lipinski definition) is 0. The van der Waals surface area contributed by atoms with Crippen LogP contribution in [0.3, 0.4) is 0 Å². The first-order chi connectivity index (χ1) is 12.5. The molecule has 0 unspecified atom stereocenters. The van der Waals surface area contributed by atoms with E-state index in [-0.39, 0.29) is 0 Å². The van der Waals surface area contributed by atoms with Gasteiger partial charge in [0.05, 0.1) is 10.9 Å². The fourth-order valence-electron chi connectivity index (χ4n) is 4.84. The minimum atomic E-state index is 0.763. The lowest BCUT2D eigenvalue weighted by Crippen LogP contribution is -2.31. The van der Waals surface area contributed by atoms with Gasteiger partial charge in [0.15, 0.2) is 6.20 Å². The van der Waals surface area contributed by atoms with Gasteiger partial charge in [-0.05, 0) is 80.7 Å². The zero-order chi connectivity index (χ0) is 18.4. The highest BCUT2D eigenvalue weighted by atomic mass is 14.9. The first-order valence-corrected chi connectivity index (χ1v) is 9.97. The molecule has 0 bridgehead atoms. The van der Waals surface area contributed by atoms with Crippen molar-refractivity contribution < 1.29 is 4.57 Å². The SMILES string of the molecule is Cc1cc(C)c(C)c(-c2c3ccc(C4CCCC4)cc3c(C)c[n+]2C)c1. The zero-order valence-corrected chi connectivity index (χ0v) is 16.8. The molecular formula is C25H30N+. The summed E-state index contributed by atoms with van der Waals surface area (Å²) >= 11 is 0. The minimum absolute atomic E-state index is 0.763. The second-order valence-electron chi connectivity index (χ2n) is 8.31. The maximum absolute atomic E-state index is 2.47. The molecule has 1 nitrogen and oxygen atoms in total. The van der Waals surface area contributed by atoms with Gasteiger partial charge in [-0.3, -0.25) is 0 Å². The molecule has 0 saturated heterocycles. The van der Waals surface area contributed by atoms with Gasteiger partial charge in [0.25, 0.3) is 0 Å². The standard InChI is InChI=1S/C25H30N/c1-16-12-17(2)19(4)24(13-16)25-22-11-10-21(20-8-6-7-9-20)14-23(22)18(3)15-26(25)5/h10-15,20H,6-9H2,1-5H3/q+1. The quantitative estimate of drug-likeness (QED) is 0.486. The topological polar surface area (TPSA) is 3.88 Å². The molecule has 1 fully saturated rings. The van der Waals surface area contributed by atoms with Crippen LogP contribution in [0.2, 0.25) is 0 Å². The van der Waals surface area contributed by atoms with Crippen molar-refractivity contribution >= 4 is 10.8 Å². The molecule has 0 radical (unpaired) electrons. The lowest BCUT2D eigenvalue weighted by Gasteiger charge is -2.15. The van der Waals surface area contributed by atoms with Gasteiger partial charge < -0.3 is 0 Å². The highest BCUT2D eigenvalue weighted by Gasteiger charge is 2.22. The van der Waals surface area contributed by atoms with E-state index in [1.54, 1.807) is 0 Å². The van der Waals surface area contributed by atoms with Crippen LogP contribution in [0.5, 0.6) is 0 Å². The predicted octanol–water partition coefficient (Wildman–Crippen LogP) is 6.22. The summed E-state index contributed by atoms with van der Waals surface area (Å²) in [5.74, 6) is 0.763. The van der Waals surface area contributed by atoms with Crippen molar-refractivity contribution in [3.63, 3.8) is 0 Å². The van der Waals surface area contributed by atoms with Gasteiger partial charge in [-0.15, -0.1) is 0 Å². The monoisotopic (exact) mass is 344 g/mol. The van der Waals surface area contributed by atoms with Crippen molar-refractivity contribution in [2.75, 3.05) is 0 Å². The Labute approximate surface area is 157 Å². The Kier molecular flexibility index (Phi) is 4.34. The fraction of sp³-hybridized carbons (Fsp3) is 0.400. The van der Waals surface area contributed by atoms with Gasteiger partial charge in [0.2, 0.25) is 5.69 Å². The minimum Gasteiger partial charge on any atom is -0.200 e. The van der Waals surface area contributed by atoms with Gasteiger partial charge in [0, 0.05) is 5.56 Å². The van der Waals surface area contributed by atoms with Crippen LogP contribution in [0, 0.1) is 27.7 Å². The molecule has 0 N–H and O–H groups in total.